The van der Waals surface area contributed by atoms with E-state index in [-0.39, 0.29) is 11.8 Å². The smallest absolute Gasteiger partial charge is 0.265 e. The summed E-state index contributed by atoms with van der Waals surface area (Å²) >= 11 is 7.51. The summed E-state index contributed by atoms with van der Waals surface area (Å²) in [6.45, 7) is 0. The molecular formula is C23H16ClN3O3S. The Bertz CT molecular complexity index is 1200. The number of benzene rings is 2. The van der Waals surface area contributed by atoms with Crippen LogP contribution in [0.3, 0.4) is 0 Å². The highest BCUT2D eigenvalue weighted by molar-refractivity contribution is 7.12. The molecule has 0 aliphatic rings. The standard InChI is InChI=1S/C23H16ClN3O3S/c24-19-8-3-15(14-20(19)27-23(29)21-2-1-13-31-21)22(28)26-16-4-6-17(7-5-16)30-18-9-11-25-12-10-18/h1-14H,(H,26,28)(H,27,29). The number of amides is 2. The zero-order valence-corrected chi connectivity index (χ0v) is 17.6. The Morgan fingerprint density at radius 1 is 0.871 bits per heavy atom. The fourth-order valence-electron chi connectivity index (χ4n) is 2.71. The highest BCUT2D eigenvalue weighted by atomic mass is 35.5. The van der Waals surface area contributed by atoms with Crippen LogP contribution in [0.5, 0.6) is 11.5 Å². The van der Waals surface area contributed by atoms with Crippen LogP contribution < -0.4 is 15.4 Å². The second-order valence-electron chi connectivity index (χ2n) is 6.39. The Morgan fingerprint density at radius 2 is 1.61 bits per heavy atom. The van der Waals surface area contributed by atoms with Gasteiger partial charge in [-0.1, -0.05) is 17.7 Å². The largest absolute Gasteiger partial charge is 0.457 e. The number of pyridine rings is 1. The number of nitrogens with zero attached hydrogens (tertiary/aromatic N) is 1. The van der Waals surface area contributed by atoms with E-state index in [9.17, 15) is 9.59 Å². The zero-order chi connectivity index (χ0) is 21.6. The number of nitrogens with one attached hydrogen (secondary N) is 2. The summed E-state index contributed by atoms with van der Waals surface area (Å²) < 4.78 is 5.71. The molecule has 8 heteroatoms. The number of carbonyl (C=O) groups is 2. The van der Waals surface area contributed by atoms with Crippen LogP contribution >= 0.6 is 22.9 Å². The van der Waals surface area contributed by atoms with E-state index in [1.54, 1.807) is 79.1 Å². The van der Waals surface area contributed by atoms with Crippen molar-refractivity contribution in [2.45, 2.75) is 0 Å². The van der Waals surface area contributed by atoms with Gasteiger partial charge >= 0.3 is 0 Å². The Kier molecular flexibility index (Phi) is 6.26. The average molecular weight is 450 g/mol. The van der Waals surface area contributed by atoms with E-state index in [1.807, 2.05) is 5.38 Å². The van der Waals surface area contributed by atoms with Crippen molar-refractivity contribution in [3.8, 4) is 11.5 Å². The van der Waals surface area contributed by atoms with Gasteiger partial charge in [0.1, 0.15) is 11.5 Å². The molecule has 0 atom stereocenters. The van der Waals surface area contributed by atoms with Gasteiger partial charge in [0, 0.05) is 23.6 Å². The van der Waals surface area contributed by atoms with Gasteiger partial charge in [-0.2, -0.15) is 0 Å². The molecule has 4 aromatic rings. The Labute approximate surface area is 187 Å². The van der Waals surface area contributed by atoms with Crippen molar-refractivity contribution in [3.05, 3.63) is 100.0 Å². The lowest BCUT2D eigenvalue weighted by molar-refractivity contribution is 0.101. The fraction of sp³-hybridized carbons (Fsp3) is 0. The maximum atomic E-state index is 12.7. The summed E-state index contributed by atoms with van der Waals surface area (Å²) in [7, 11) is 0. The van der Waals surface area contributed by atoms with Crippen LogP contribution in [0.25, 0.3) is 0 Å². The summed E-state index contributed by atoms with van der Waals surface area (Å²) in [5, 5.41) is 7.72. The van der Waals surface area contributed by atoms with E-state index in [4.69, 9.17) is 16.3 Å². The first kappa shape index (κ1) is 20.6. The topological polar surface area (TPSA) is 80.3 Å². The van der Waals surface area contributed by atoms with Gasteiger partial charge < -0.3 is 15.4 Å². The maximum Gasteiger partial charge on any atom is 0.265 e. The molecule has 0 saturated heterocycles. The van der Waals surface area contributed by atoms with Gasteiger partial charge in [0.05, 0.1) is 15.6 Å². The number of anilines is 2. The van der Waals surface area contributed by atoms with E-state index >= 15 is 0 Å². The average Bonchev–Trinajstić information content (AvgIpc) is 3.32. The number of hydrogen-bond acceptors (Lipinski definition) is 5. The van der Waals surface area contributed by atoms with Crippen molar-refractivity contribution in [2.24, 2.45) is 0 Å². The van der Waals surface area contributed by atoms with Gasteiger partial charge in [-0.25, -0.2) is 0 Å². The fourth-order valence-corrected chi connectivity index (χ4v) is 3.49. The number of carbonyl (C=O) groups excluding carboxylic acids is 2. The quantitative estimate of drug-likeness (QED) is 0.373. The molecule has 0 aliphatic heterocycles. The molecule has 2 aromatic heterocycles. The van der Waals surface area contributed by atoms with Crippen molar-refractivity contribution in [1.29, 1.82) is 0 Å². The molecule has 154 valence electrons. The normalized spacial score (nSPS) is 10.4. The molecule has 0 aliphatic carbocycles. The van der Waals surface area contributed by atoms with E-state index < -0.39 is 0 Å². The zero-order valence-electron chi connectivity index (χ0n) is 16.0. The lowest BCUT2D eigenvalue weighted by Crippen LogP contribution is -2.14. The maximum absolute atomic E-state index is 12.7. The molecule has 6 nitrogen and oxygen atoms in total. The summed E-state index contributed by atoms with van der Waals surface area (Å²) in [6.07, 6.45) is 3.29. The van der Waals surface area contributed by atoms with E-state index in [0.717, 1.165) is 0 Å². The number of thiophene rings is 1. The number of hydrogen-bond donors (Lipinski definition) is 2. The first-order valence-electron chi connectivity index (χ1n) is 9.22. The second kappa shape index (κ2) is 9.42. The van der Waals surface area contributed by atoms with Crippen molar-refractivity contribution in [1.82, 2.24) is 4.98 Å². The Morgan fingerprint density at radius 3 is 2.32 bits per heavy atom. The lowest BCUT2D eigenvalue weighted by atomic mass is 10.1. The molecule has 0 spiro atoms. The van der Waals surface area contributed by atoms with Crippen LogP contribution in [0.4, 0.5) is 11.4 Å². The third kappa shape index (κ3) is 5.28. The van der Waals surface area contributed by atoms with Crippen molar-refractivity contribution in [3.63, 3.8) is 0 Å². The van der Waals surface area contributed by atoms with Gasteiger partial charge in [0.15, 0.2) is 0 Å². The van der Waals surface area contributed by atoms with Crippen LogP contribution in [-0.2, 0) is 0 Å². The number of halogens is 1. The summed E-state index contributed by atoms with van der Waals surface area (Å²) in [5.41, 5.74) is 1.34. The van der Waals surface area contributed by atoms with Gasteiger partial charge in [-0.15, -0.1) is 11.3 Å². The second-order valence-corrected chi connectivity index (χ2v) is 7.74. The molecule has 0 radical (unpaired) electrons. The molecule has 0 unspecified atom stereocenters. The molecule has 0 fully saturated rings. The highest BCUT2D eigenvalue weighted by Crippen LogP contribution is 2.26. The predicted octanol–water partition coefficient (Wildman–Crippen LogP) is 6.09. The van der Waals surface area contributed by atoms with E-state index in [1.165, 1.54) is 11.3 Å². The molecule has 4 rings (SSSR count). The van der Waals surface area contributed by atoms with Gasteiger partial charge in [0.2, 0.25) is 0 Å². The number of rotatable bonds is 6. The van der Waals surface area contributed by atoms with Crippen LogP contribution in [0.15, 0.2) is 84.5 Å². The van der Waals surface area contributed by atoms with Crippen LogP contribution in [-0.4, -0.2) is 16.8 Å². The van der Waals surface area contributed by atoms with Crippen molar-refractivity contribution < 1.29 is 14.3 Å². The van der Waals surface area contributed by atoms with E-state index in [2.05, 4.69) is 15.6 Å². The molecule has 0 saturated carbocycles. The van der Waals surface area contributed by atoms with Crippen LogP contribution in [0, 0.1) is 0 Å². The first-order valence-corrected chi connectivity index (χ1v) is 10.5. The highest BCUT2D eigenvalue weighted by Gasteiger charge is 2.13. The van der Waals surface area contributed by atoms with Gasteiger partial charge in [-0.05, 0) is 66.0 Å². The van der Waals surface area contributed by atoms with Crippen molar-refractivity contribution >= 4 is 46.1 Å². The minimum atomic E-state index is -0.328. The molecule has 31 heavy (non-hydrogen) atoms. The number of ether oxygens (including phenoxy) is 1. The van der Waals surface area contributed by atoms with Gasteiger partial charge in [0.25, 0.3) is 11.8 Å². The third-order valence-electron chi connectivity index (χ3n) is 4.22. The lowest BCUT2D eigenvalue weighted by Gasteiger charge is -2.10. The van der Waals surface area contributed by atoms with Gasteiger partial charge in [-0.3, -0.25) is 14.6 Å². The predicted molar refractivity (Wildman–Crippen MR) is 122 cm³/mol. The molecule has 2 N–H and O–H groups in total. The molecule has 2 heterocycles. The summed E-state index contributed by atoms with van der Waals surface area (Å²) in [5.74, 6) is 0.699. The molecule has 2 amide bonds. The van der Waals surface area contributed by atoms with Crippen molar-refractivity contribution in [2.75, 3.05) is 10.6 Å². The SMILES string of the molecule is O=C(Nc1ccc(Oc2ccncc2)cc1)c1ccc(Cl)c(NC(=O)c2cccs2)c1. The third-order valence-corrected chi connectivity index (χ3v) is 5.42. The molecule has 0 bridgehead atoms. The Hall–Kier alpha value is -3.68. The molecule has 2 aromatic carbocycles. The number of aromatic nitrogens is 1. The minimum Gasteiger partial charge on any atom is -0.457 e. The Balaban J connectivity index is 1.43. The van der Waals surface area contributed by atoms with Crippen LogP contribution in [0.2, 0.25) is 5.02 Å². The van der Waals surface area contributed by atoms with Crippen LogP contribution in [0.1, 0.15) is 20.0 Å². The van der Waals surface area contributed by atoms with E-state index in [0.29, 0.717) is 38.3 Å². The molecular weight excluding hydrogens is 434 g/mol. The summed E-state index contributed by atoms with van der Waals surface area (Å²) in [4.78, 5) is 29.5. The summed E-state index contributed by atoms with van der Waals surface area (Å²) in [6, 6.07) is 18.7. The first-order chi connectivity index (χ1) is 15.1. The minimum absolute atomic E-state index is 0.278. The monoisotopic (exact) mass is 449 g/mol.